The number of rotatable bonds is 2. The lowest BCUT2D eigenvalue weighted by Gasteiger charge is -2.69. The van der Waals surface area contributed by atoms with Crippen LogP contribution in [0.25, 0.3) is 4.85 Å². The SMILES string of the molecule is O=C=O.[3HH].[3H][3H].[3H][3H].[3H][3H].[3H][3H].[3H][3H].[3H][3H].[3H][3H].[3H][3H].[3H][3H].[3H][3H].[C-]#[N+]C1=C[C@]2(C)C3=CC(=O)[C@@H]4[C@@H]5CC(C)(C)CC[C@]5(C(=O)OC)CC[C@@]4(C)[C@]3(C)CC[C@H]2[C@](C)(CC)C1=O. The van der Waals surface area contributed by atoms with Gasteiger partial charge in [0.15, 0.2) is 11.6 Å². The van der Waals surface area contributed by atoms with Crippen LogP contribution < -0.4 is 0 Å². The Bertz CT molecular complexity index is 1370. The average Bonchev–Trinajstić information content (AvgIpc) is 3.32. The van der Waals surface area contributed by atoms with E-state index in [9.17, 15) is 14.4 Å². The first kappa shape index (κ1) is 20.1. The molecule has 0 aromatic carbocycles. The molecule has 7 heteroatoms. The second-order valence-electron chi connectivity index (χ2n) is 15.0. The highest BCUT2D eigenvalue weighted by atomic mass is 16.5. The van der Waals surface area contributed by atoms with Gasteiger partial charge in [0.25, 0.3) is 0 Å². The van der Waals surface area contributed by atoms with Crippen LogP contribution in [-0.2, 0) is 28.7 Å². The van der Waals surface area contributed by atoms with Gasteiger partial charge in [-0.05, 0) is 85.5 Å². The highest BCUT2D eigenvalue weighted by molar-refractivity contribution is 6.03. The molecule has 0 aromatic heterocycles. The third kappa shape index (κ3) is 4.00. The summed E-state index contributed by atoms with van der Waals surface area (Å²) in [5, 5.41) is 0. The number of ketones is 2. The number of ether oxygens (including phenoxy) is 1. The van der Waals surface area contributed by atoms with Gasteiger partial charge in [-0.3, -0.25) is 9.59 Å². The van der Waals surface area contributed by atoms with Crippen LogP contribution in [0.4, 0.5) is 0 Å². The smallest absolute Gasteiger partial charge is 0.373 e. The third-order valence-electron chi connectivity index (χ3n) is 13.0. The molecule has 0 N–H and O–H groups in total. The molecule has 0 bridgehead atoms. The van der Waals surface area contributed by atoms with E-state index >= 15 is 0 Å². The quantitative estimate of drug-likeness (QED) is 0.223. The average molecular weight is 628 g/mol. The number of hydrogen-bond donors (Lipinski definition) is 0. The number of hydrogen-bond acceptors (Lipinski definition) is 6. The minimum atomic E-state index is -0.619. The van der Waals surface area contributed by atoms with Crippen LogP contribution >= 0.6 is 0 Å². The third-order valence-corrected chi connectivity index (χ3v) is 13.0. The number of fused-ring (bicyclic) bond motifs is 7. The number of Topliss-reactive ketones (excluding diaryl/α,β-unsaturated/α-hetero) is 1. The van der Waals surface area contributed by atoms with Crippen molar-refractivity contribution in [2.75, 3.05) is 7.11 Å². The van der Waals surface area contributed by atoms with E-state index in [-0.39, 0.29) is 64.8 Å². The largest absolute Gasteiger partial charge is 0.469 e. The Morgan fingerprint density at radius 3 is 2.27 bits per heavy atom. The van der Waals surface area contributed by atoms with Gasteiger partial charge in [0.05, 0.1) is 19.1 Å². The van der Waals surface area contributed by atoms with E-state index in [1.54, 1.807) is 0 Å². The van der Waals surface area contributed by atoms with E-state index in [0.29, 0.717) is 6.42 Å². The number of nitrogens with zero attached hydrogens (tertiary/aromatic N) is 1. The lowest BCUT2D eigenvalue weighted by Crippen LogP contribution is -2.66. The Labute approximate surface area is 276 Å². The topological polar surface area (TPSA) is 98.9 Å². The molecule has 0 amide bonds. The zero-order valence-electron chi connectivity index (χ0n) is 45.9. The van der Waals surface area contributed by atoms with Crippen molar-refractivity contribution < 1.29 is 59.8 Å². The fourth-order valence-corrected chi connectivity index (χ4v) is 10.4. The molecule has 41 heavy (non-hydrogen) atoms. The molecule has 7 nitrogen and oxygen atoms in total. The minimum absolute atomic E-state index is 0. The van der Waals surface area contributed by atoms with E-state index in [0.717, 1.165) is 50.5 Å². The van der Waals surface area contributed by atoms with Gasteiger partial charge in [-0.15, -0.1) is 0 Å². The van der Waals surface area contributed by atoms with Crippen molar-refractivity contribution in [3.05, 3.63) is 34.8 Å². The van der Waals surface area contributed by atoms with Gasteiger partial charge in [0.2, 0.25) is 5.70 Å². The van der Waals surface area contributed by atoms with E-state index in [2.05, 4.69) is 46.4 Å². The minimum Gasteiger partial charge on any atom is -0.469 e. The lowest BCUT2D eigenvalue weighted by molar-refractivity contribution is -0.192. The molecule has 0 radical (unpaired) electrons. The molecule has 8 atom stereocenters. The number of esters is 1. The summed E-state index contributed by atoms with van der Waals surface area (Å²) in [6, 6.07) is 0. The maximum atomic E-state index is 14.4. The molecule has 0 spiro atoms. The van der Waals surface area contributed by atoms with Crippen molar-refractivity contribution in [3.8, 4) is 0 Å². The van der Waals surface area contributed by atoms with Crippen LogP contribution in [0.2, 0.25) is 0 Å². The summed E-state index contributed by atoms with van der Waals surface area (Å²) in [5.41, 5.74) is -0.922. The van der Waals surface area contributed by atoms with Gasteiger partial charge in [0.1, 0.15) is 0 Å². The van der Waals surface area contributed by atoms with Crippen LogP contribution in [0.5, 0.6) is 0 Å². The molecule has 5 aliphatic carbocycles. The summed E-state index contributed by atoms with van der Waals surface area (Å²) in [4.78, 5) is 61.2. The summed E-state index contributed by atoms with van der Waals surface area (Å²) in [6.45, 7) is 23.2. The van der Waals surface area contributed by atoms with Gasteiger partial charge in [-0.2, -0.15) is 9.59 Å². The van der Waals surface area contributed by atoms with Crippen molar-refractivity contribution in [2.45, 2.75) is 99.8 Å². The first-order chi connectivity index (χ1) is 29.0. The van der Waals surface area contributed by atoms with E-state index in [1.807, 2.05) is 19.1 Å². The van der Waals surface area contributed by atoms with Crippen LogP contribution in [0, 0.1) is 56.8 Å². The fraction of sp³-hybridized carbons (Fsp3) is 0.735. The molecule has 3 fully saturated rings. The predicted octanol–water partition coefficient (Wildman–Crippen LogP) is 9.24. The molecule has 0 heterocycles. The Hall–Kier alpha value is -2.84. The Morgan fingerprint density at radius 2 is 1.71 bits per heavy atom. The standard InChI is InChI=1S/C33H45NO4.CO2.11H2/c1-10-29(4)23-11-12-31(6)24(30(23,5)19-21(34-8)26(29)36)17-22(35)25-20-18-28(2,3)13-15-33(20,27(37)38-9)16-14-32(25,31)7;2-1-3;;;;;;;;;;;/h17,19-20,23,25H,10-16,18H2,1-7,9H3;;11*1H/t20-,23-,25-,29-,30-,31+,32+,33-;;;;;;;;;;;;/m0............/s1/i;;10*1+2T;1+2. The molecule has 5 rings (SSSR count). The fourth-order valence-electron chi connectivity index (χ4n) is 10.4. The first-order valence-electron chi connectivity index (χ1n) is 25.0. The molecule has 0 saturated heterocycles. The Balaban J connectivity index is -0.000000176. The lowest BCUT2D eigenvalue weighted by atomic mass is 9.34. The molecule has 244 valence electrons. The molecular weight excluding hydrogens is 518 g/mol. The van der Waals surface area contributed by atoms with Gasteiger partial charge in [-0.25, -0.2) is 4.85 Å². The summed E-state index contributed by atoms with van der Waals surface area (Å²) < 4.78 is 105. The van der Waals surface area contributed by atoms with Crippen LogP contribution in [0.15, 0.2) is 23.4 Å². The van der Waals surface area contributed by atoms with Crippen LogP contribution in [0.1, 0.15) is 131 Å². The summed E-state index contributed by atoms with van der Waals surface area (Å²) >= 11 is 0. The summed E-state index contributed by atoms with van der Waals surface area (Å²) in [6.07, 6.45) is 10.7. The Morgan fingerprint density at radius 1 is 1.10 bits per heavy atom. The van der Waals surface area contributed by atoms with E-state index in [1.165, 1.54) is 7.11 Å². The van der Waals surface area contributed by atoms with Gasteiger partial charge in [-0.1, -0.05) is 60.1 Å². The zero-order chi connectivity index (χ0) is 50.8. The molecule has 5 aliphatic rings. The number of carbonyl (C=O) groups excluding carboxylic acids is 5. The second-order valence-corrected chi connectivity index (χ2v) is 15.0. The van der Waals surface area contributed by atoms with Crippen LogP contribution in [0.3, 0.4) is 0 Å². The van der Waals surface area contributed by atoms with E-state index in [4.69, 9.17) is 50.6 Å². The summed E-state index contributed by atoms with van der Waals surface area (Å²) in [5.74, 6) is -0.290. The first-order valence-corrected chi connectivity index (χ1v) is 15.0. The van der Waals surface area contributed by atoms with Gasteiger partial charge in [0, 0.05) is 47.9 Å². The molecule has 3 saturated carbocycles. The number of allylic oxidation sites excluding steroid dienone is 4. The van der Waals surface area contributed by atoms with Crippen molar-refractivity contribution in [1.29, 1.82) is 0 Å². The second kappa shape index (κ2) is 9.87. The predicted molar refractivity (Wildman–Crippen MR) is 175 cm³/mol. The maximum absolute atomic E-state index is 14.4. The highest BCUT2D eigenvalue weighted by Gasteiger charge is 2.71. The van der Waals surface area contributed by atoms with Crippen molar-refractivity contribution >= 4 is 23.7 Å². The highest BCUT2D eigenvalue weighted by Crippen LogP contribution is 2.74. The number of carbonyl (C=O) groups is 3. The van der Waals surface area contributed by atoms with Crippen molar-refractivity contribution in [2.24, 2.45) is 50.2 Å². The van der Waals surface area contributed by atoms with E-state index < -0.39 is 16.2 Å². The normalized spacial score (nSPS) is 46.0. The van der Waals surface area contributed by atoms with Crippen LogP contribution in [-0.4, -0.2) is 30.8 Å². The monoisotopic (exact) mass is 628 g/mol. The Kier molecular flexibility index (Phi) is 4.85. The molecule has 0 aliphatic heterocycles. The van der Waals surface area contributed by atoms with Gasteiger partial charge >= 0.3 is 12.1 Å². The summed E-state index contributed by atoms with van der Waals surface area (Å²) in [7, 11) is 1.49. The van der Waals surface area contributed by atoms with Crippen molar-refractivity contribution in [3.63, 3.8) is 0 Å². The number of methoxy groups -OCH3 is 1. The molecule has 0 unspecified atom stereocenters. The van der Waals surface area contributed by atoms with Crippen molar-refractivity contribution in [1.82, 2.24) is 0 Å². The zero-order valence-corrected chi connectivity index (χ0v) is 25.9. The maximum Gasteiger partial charge on any atom is 0.373 e. The van der Waals surface area contributed by atoms with Gasteiger partial charge < -0.3 is 9.53 Å². The molecular formula is C34H67NO6. The molecule has 0 aromatic rings.